The molecule has 6 aliphatic heterocycles. The van der Waals surface area contributed by atoms with Crippen LogP contribution in [0.25, 0.3) is 6.08 Å². The number of halogens is 2. The number of hydrogen-bond donors (Lipinski definition) is 1. The van der Waals surface area contributed by atoms with E-state index in [4.69, 9.17) is 14.5 Å². The van der Waals surface area contributed by atoms with Crippen LogP contribution in [0, 0.1) is 6.92 Å². The first-order chi connectivity index (χ1) is 19.5. The van der Waals surface area contributed by atoms with Gasteiger partial charge in [0.2, 0.25) is 0 Å². The van der Waals surface area contributed by atoms with E-state index < -0.39 is 17.6 Å². The van der Waals surface area contributed by atoms with Crippen molar-refractivity contribution in [1.29, 1.82) is 0 Å². The van der Waals surface area contributed by atoms with Crippen LogP contribution < -0.4 is 15.1 Å². The van der Waals surface area contributed by atoms with Crippen molar-refractivity contribution in [3.63, 3.8) is 0 Å². The van der Waals surface area contributed by atoms with E-state index in [9.17, 15) is 8.78 Å². The van der Waals surface area contributed by atoms with Crippen LogP contribution in [-0.4, -0.2) is 86.0 Å². The summed E-state index contributed by atoms with van der Waals surface area (Å²) < 4.78 is 41.3. The highest BCUT2D eigenvalue weighted by molar-refractivity contribution is 5.76. The standard InChI is InChI=1S/C30H36F2N6O2/c1-19-5-8-34-27-25(19)29(40-30(27)17-39-18-30)6-11-37(12-7-29)24-15-22-20(26(35-24)28(31)32)3-2-4-21-23(16-38(21)22)36-13-9-33-10-14-36/h2-3,5,8,15,21,23,28,33H,4,6-7,9-14,16-18H2,1H3/t21-,23+/m0/s1. The van der Waals surface area contributed by atoms with Gasteiger partial charge in [0.25, 0.3) is 6.43 Å². The predicted molar refractivity (Wildman–Crippen MR) is 148 cm³/mol. The van der Waals surface area contributed by atoms with Crippen molar-refractivity contribution in [3.8, 4) is 0 Å². The lowest BCUT2D eigenvalue weighted by molar-refractivity contribution is -0.260. The molecule has 2 atom stereocenters. The molecule has 40 heavy (non-hydrogen) atoms. The maximum atomic E-state index is 14.4. The molecule has 4 fully saturated rings. The zero-order chi connectivity index (χ0) is 27.1. The Morgan fingerprint density at radius 1 is 1.07 bits per heavy atom. The number of rotatable bonds is 3. The van der Waals surface area contributed by atoms with Crippen LogP contribution in [0.15, 0.2) is 24.4 Å². The van der Waals surface area contributed by atoms with E-state index in [1.807, 2.05) is 12.3 Å². The normalized spacial score (nSPS) is 28.2. The number of aromatic nitrogens is 2. The van der Waals surface area contributed by atoms with Crippen LogP contribution in [0.4, 0.5) is 20.3 Å². The molecule has 10 heteroatoms. The van der Waals surface area contributed by atoms with Crippen molar-refractivity contribution in [3.05, 3.63) is 52.5 Å². The van der Waals surface area contributed by atoms with E-state index in [0.717, 1.165) is 63.4 Å². The van der Waals surface area contributed by atoms with Crippen LogP contribution in [-0.2, 0) is 20.7 Å². The fourth-order valence-electron chi connectivity index (χ4n) is 7.96. The van der Waals surface area contributed by atoms with Crippen LogP contribution in [0.5, 0.6) is 0 Å². The topological polar surface area (TPSA) is 66.0 Å². The number of nitrogens with one attached hydrogen (secondary N) is 1. The van der Waals surface area contributed by atoms with E-state index in [1.54, 1.807) is 0 Å². The highest BCUT2D eigenvalue weighted by Gasteiger charge is 2.59. The summed E-state index contributed by atoms with van der Waals surface area (Å²) in [6.45, 7) is 9.53. The summed E-state index contributed by atoms with van der Waals surface area (Å²) in [4.78, 5) is 16.4. The monoisotopic (exact) mass is 550 g/mol. The molecule has 0 saturated carbocycles. The largest absolute Gasteiger partial charge is 0.374 e. The fourth-order valence-corrected chi connectivity index (χ4v) is 7.96. The molecule has 2 aromatic heterocycles. The third-order valence-electron chi connectivity index (χ3n) is 10.1. The quantitative estimate of drug-likeness (QED) is 0.625. The first-order valence-electron chi connectivity index (χ1n) is 14.7. The molecule has 1 N–H and O–H groups in total. The number of alkyl halides is 2. The molecular formula is C30H36F2N6O2. The van der Waals surface area contributed by atoms with Gasteiger partial charge in [-0.3, -0.25) is 9.88 Å². The molecule has 0 aromatic carbocycles. The molecule has 4 saturated heterocycles. The SMILES string of the molecule is Cc1ccnc2c1C1(CCN(c3cc4c(c(C(F)F)n3)C=CC[C@H]3[C@H](N5CCNCC5)CN43)CC1)OC21COC1. The van der Waals surface area contributed by atoms with Crippen LogP contribution >= 0.6 is 0 Å². The Bertz CT molecular complexity index is 1350. The number of piperidine rings is 1. The number of fused-ring (bicyclic) bond motifs is 6. The van der Waals surface area contributed by atoms with E-state index in [0.29, 0.717) is 49.8 Å². The summed E-state index contributed by atoms with van der Waals surface area (Å²) in [5.74, 6) is 0.645. The second kappa shape index (κ2) is 9.17. The molecule has 0 amide bonds. The van der Waals surface area contributed by atoms with Gasteiger partial charge in [-0.1, -0.05) is 12.2 Å². The number of pyridine rings is 2. The molecule has 0 bridgehead atoms. The average Bonchev–Trinajstić information content (AvgIpc) is 3.15. The first-order valence-corrected chi connectivity index (χ1v) is 14.7. The Labute approximate surface area is 233 Å². The molecule has 2 aromatic rings. The Morgan fingerprint density at radius 2 is 1.88 bits per heavy atom. The number of nitrogens with zero attached hydrogens (tertiary/aromatic N) is 5. The van der Waals surface area contributed by atoms with Gasteiger partial charge in [-0.2, -0.15) is 0 Å². The van der Waals surface area contributed by atoms with Crippen molar-refractivity contribution in [2.45, 2.75) is 55.9 Å². The molecule has 8 heterocycles. The van der Waals surface area contributed by atoms with Gasteiger partial charge >= 0.3 is 0 Å². The van der Waals surface area contributed by atoms with Crippen molar-refractivity contribution in [1.82, 2.24) is 20.2 Å². The summed E-state index contributed by atoms with van der Waals surface area (Å²) in [7, 11) is 0. The predicted octanol–water partition coefficient (Wildman–Crippen LogP) is 3.35. The van der Waals surface area contributed by atoms with Gasteiger partial charge in [0.15, 0.2) is 5.60 Å². The van der Waals surface area contributed by atoms with Gasteiger partial charge in [0, 0.05) is 81.3 Å². The second-order valence-electron chi connectivity index (χ2n) is 12.2. The summed E-state index contributed by atoms with van der Waals surface area (Å²) >= 11 is 0. The number of anilines is 2. The minimum Gasteiger partial charge on any atom is -0.374 e. The number of aryl methyl sites for hydroxylation is 1. The molecule has 0 radical (unpaired) electrons. The van der Waals surface area contributed by atoms with Crippen molar-refractivity contribution < 1.29 is 18.3 Å². The summed E-state index contributed by atoms with van der Waals surface area (Å²) in [5.41, 5.74) is 3.91. The lowest BCUT2D eigenvalue weighted by atomic mass is 9.81. The van der Waals surface area contributed by atoms with Crippen LogP contribution in [0.1, 0.15) is 53.8 Å². The van der Waals surface area contributed by atoms with Crippen LogP contribution in [0.2, 0.25) is 0 Å². The van der Waals surface area contributed by atoms with Crippen molar-refractivity contribution >= 4 is 17.6 Å². The third-order valence-corrected chi connectivity index (χ3v) is 10.1. The highest BCUT2D eigenvalue weighted by atomic mass is 19.3. The molecule has 0 unspecified atom stereocenters. The van der Waals surface area contributed by atoms with E-state index >= 15 is 0 Å². The first kappa shape index (κ1) is 25.1. The third kappa shape index (κ3) is 3.62. The van der Waals surface area contributed by atoms with E-state index in [-0.39, 0.29) is 5.69 Å². The maximum Gasteiger partial charge on any atom is 0.281 e. The van der Waals surface area contributed by atoms with Gasteiger partial charge < -0.3 is 24.6 Å². The molecule has 2 spiro atoms. The molecular weight excluding hydrogens is 514 g/mol. The van der Waals surface area contributed by atoms with Crippen LogP contribution in [0.3, 0.4) is 0 Å². The minimum atomic E-state index is -2.63. The number of hydrogen-bond acceptors (Lipinski definition) is 8. The second-order valence-corrected chi connectivity index (χ2v) is 12.2. The molecule has 0 aliphatic carbocycles. The summed E-state index contributed by atoms with van der Waals surface area (Å²) in [6.07, 6.45) is 5.56. The molecule has 6 aliphatic rings. The number of ether oxygens (including phenoxy) is 2. The Balaban J connectivity index is 1.08. The smallest absolute Gasteiger partial charge is 0.281 e. The van der Waals surface area contributed by atoms with E-state index in [1.165, 1.54) is 11.1 Å². The fraction of sp³-hybridized carbons (Fsp3) is 0.600. The van der Waals surface area contributed by atoms with Crippen molar-refractivity contribution in [2.75, 3.05) is 68.8 Å². The minimum absolute atomic E-state index is 0.108. The lowest BCUT2D eigenvalue weighted by Gasteiger charge is -2.54. The van der Waals surface area contributed by atoms with Crippen molar-refractivity contribution in [2.24, 2.45) is 0 Å². The van der Waals surface area contributed by atoms with Gasteiger partial charge in [0.1, 0.15) is 17.1 Å². The Morgan fingerprint density at radius 3 is 2.60 bits per heavy atom. The summed E-state index contributed by atoms with van der Waals surface area (Å²) in [5, 5.41) is 3.43. The van der Waals surface area contributed by atoms with Gasteiger partial charge in [-0.05, 0) is 37.8 Å². The molecule has 212 valence electrons. The molecule has 8 rings (SSSR count). The highest BCUT2D eigenvalue weighted by Crippen LogP contribution is 2.55. The maximum absolute atomic E-state index is 14.4. The summed E-state index contributed by atoms with van der Waals surface area (Å²) in [6, 6.07) is 4.88. The average molecular weight is 551 g/mol. The lowest BCUT2D eigenvalue weighted by Crippen LogP contribution is -2.69. The van der Waals surface area contributed by atoms with Gasteiger partial charge in [-0.15, -0.1) is 0 Å². The Hall–Kier alpha value is -2.66. The van der Waals surface area contributed by atoms with Gasteiger partial charge in [0.05, 0.1) is 24.6 Å². The van der Waals surface area contributed by atoms with E-state index in [2.05, 4.69) is 50.1 Å². The zero-order valence-corrected chi connectivity index (χ0v) is 22.9. The van der Waals surface area contributed by atoms with Gasteiger partial charge in [-0.25, -0.2) is 13.8 Å². The molecule has 8 nitrogen and oxygen atoms in total. The zero-order valence-electron chi connectivity index (χ0n) is 22.9. The Kier molecular flexibility index (Phi) is 5.75. The number of piperazine rings is 1.